The molecule has 1 unspecified atom stereocenters. The van der Waals surface area contributed by atoms with Gasteiger partial charge >= 0.3 is 0 Å². The summed E-state index contributed by atoms with van der Waals surface area (Å²) in [5, 5.41) is 13.3. The predicted octanol–water partition coefficient (Wildman–Crippen LogP) is 3.27. The van der Waals surface area contributed by atoms with E-state index in [1.807, 2.05) is 0 Å². The van der Waals surface area contributed by atoms with Crippen molar-refractivity contribution in [2.75, 3.05) is 13.1 Å². The third kappa shape index (κ3) is 5.16. The van der Waals surface area contributed by atoms with Crippen LogP contribution in [0.1, 0.15) is 26.3 Å². The highest BCUT2D eigenvalue weighted by molar-refractivity contribution is 9.10. The van der Waals surface area contributed by atoms with Gasteiger partial charge in [-0.3, -0.25) is 0 Å². The van der Waals surface area contributed by atoms with E-state index in [1.165, 1.54) is 12.1 Å². The summed E-state index contributed by atoms with van der Waals surface area (Å²) in [6.07, 6.45) is -0.0742. The van der Waals surface area contributed by atoms with Crippen LogP contribution in [0.25, 0.3) is 0 Å². The van der Waals surface area contributed by atoms with Crippen molar-refractivity contribution in [2.24, 2.45) is 5.92 Å². The molecule has 1 atom stereocenters. The van der Waals surface area contributed by atoms with Gasteiger partial charge in [0.15, 0.2) is 0 Å². The molecule has 5 heteroatoms. The molecular formula is C14H20BrF2NO. The normalized spacial score (nSPS) is 14.7. The fourth-order valence-electron chi connectivity index (χ4n) is 1.80. The fourth-order valence-corrected chi connectivity index (χ4v) is 2.18. The average molecular weight is 336 g/mol. The van der Waals surface area contributed by atoms with E-state index >= 15 is 0 Å². The molecule has 108 valence electrons. The van der Waals surface area contributed by atoms with Crippen LogP contribution in [0, 0.1) is 17.6 Å². The Hall–Kier alpha value is -0.520. The van der Waals surface area contributed by atoms with Crippen molar-refractivity contribution in [3.05, 3.63) is 33.8 Å². The Morgan fingerprint density at radius 1 is 1.37 bits per heavy atom. The maximum Gasteiger partial charge on any atom is 0.143 e. The molecule has 0 fully saturated rings. The number of benzene rings is 1. The van der Waals surface area contributed by atoms with Gasteiger partial charge in [0.25, 0.3) is 0 Å². The molecule has 19 heavy (non-hydrogen) atoms. The van der Waals surface area contributed by atoms with E-state index in [1.54, 1.807) is 6.92 Å². The van der Waals surface area contributed by atoms with E-state index in [2.05, 4.69) is 35.1 Å². The Morgan fingerprint density at radius 2 is 2.00 bits per heavy atom. The van der Waals surface area contributed by atoms with Gasteiger partial charge in [0, 0.05) is 18.5 Å². The third-order valence-electron chi connectivity index (χ3n) is 2.75. The lowest BCUT2D eigenvalue weighted by Crippen LogP contribution is -2.41. The molecule has 0 amide bonds. The minimum Gasteiger partial charge on any atom is -0.389 e. The number of rotatable bonds is 6. The molecule has 0 radical (unpaired) electrons. The van der Waals surface area contributed by atoms with Crippen molar-refractivity contribution in [2.45, 2.75) is 32.8 Å². The van der Waals surface area contributed by atoms with Gasteiger partial charge < -0.3 is 10.4 Å². The van der Waals surface area contributed by atoms with E-state index in [9.17, 15) is 13.9 Å². The summed E-state index contributed by atoms with van der Waals surface area (Å²) < 4.78 is 27.6. The first kappa shape index (κ1) is 16.5. The number of aliphatic hydroxyl groups is 1. The van der Waals surface area contributed by atoms with Gasteiger partial charge in [0.1, 0.15) is 11.6 Å². The monoisotopic (exact) mass is 335 g/mol. The summed E-state index contributed by atoms with van der Waals surface area (Å²) in [5.41, 5.74) is -1.29. The molecule has 0 heterocycles. The zero-order valence-electron chi connectivity index (χ0n) is 11.4. The van der Waals surface area contributed by atoms with Crippen LogP contribution in [0.4, 0.5) is 8.78 Å². The van der Waals surface area contributed by atoms with Crippen molar-refractivity contribution < 1.29 is 13.9 Å². The molecule has 0 spiro atoms. The van der Waals surface area contributed by atoms with Gasteiger partial charge in [-0.15, -0.1) is 0 Å². The number of hydrogen-bond donors (Lipinski definition) is 2. The molecule has 0 saturated heterocycles. The van der Waals surface area contributed by atoms with Crippen molar-refractivity contribution in [1.29, 1.82) is 0 Å². The molecule has 0 aliphatic carbocycles. The van der Waals surface area contributed by atoms with Gasteiger partial charge in [-0.1, -0.05) is 13.8 Å². The second-order valence-electron chi connectivity index (χ2n) is 5.52. The Labute approximate surface area is 121 Å². The van der Waals surface area contributed by atoms with E-state index < -0.39 is 17.2 Å². The van der Waals surface area contributed by atoms with Crippen LogP contribution in [0.3, 0.4) is 0 Å². The predicted molar refractivity (Wildman–Crippen MR) is 76.1 cm³/mol. The molecule has 1 aromatic carbocycles. The minimum absolute atomic E-state index is 0.0742. The molecule has 0 aromatic heterocycles. The molecule has 0 saturated carbocycles. The lowest BCUT2D eigenvalue weighted by atomic mass is 9.95. The maximum absolute atomic E-state index is 13.8. The second-order valence-corrected chi connectivity index (χ2v) is 6.37. The van der Waals surface area contributed by atoms with Crippen LogP contribution in [0.15, 0.2) is 16.6 Å². The average Bonchev–Trinajstić information content (AvgIpc) is 2.29. The lowest BCUT2D eigenvalue weighted by molar-refractivity contribution is 0.0577. The van der Waals surface area contributed by atoms with E-state index in [0.717, 1.165) is 6.54 Å². The van der Waals surface area contributed by atoms with Gasteiger partial charge in [0.05, 0.1) is 10.1 Å². The molecular weight excluding hydrogens is 316 g/mol. The summed E-state index contributed by atoms with van der Waals surface area (Å²) in [5.74, 6) is -0.830. The Bertz CT molecular complexity index is 436. The molecule has 1 aromatic rings. The van der Waals surface area contributed by atoms with E-state index in [-0.39, 0.29) is 23.0 Å². The highest BCUT2D eigenvalue weighted by atomic mass is 79.9. The van der Waals surface area contributed by atoms with Crippen LogP contribution in [-0.2, 0) is 6.42 Å². The van der Waals surface area contributed by atoms with E-state index in [4.69, 9.17) is 0 Å². The summed E-state index contributed by atoms with van der Waals surface area (Å²) in [6, 6.07) is 2.51. The second kappa shape index (κ2) is 6.77. The largest absolute Gasteiger partial charge is 0.389 e. The first-order valence-electron chi connectivity index (χ1n) is 6.28. The Morgan fingerprint density at radius 3 is 2.58 bits per heavy atom. The SMILES string of the molecule is CC(C)CNCC(C)(O)Cc1c(F)ccc(Br)c1F. The van der Waals surface area contributed by atoms with Crippen LogP contribution in [0.5, 0.6) is 0 Å². The summed E-state index contributed by atoms with van der Waals surface area (Å²) >= 11 is 3.02. The Balaban J connectivity index is 2.75. The van der Waals surface area contributed by atoms with Crippen LogP contribution < -0.4 is 5.32 Å². The topological polar surface area (TPSA) is 32.3 Å². The number of nitrogens with one attached hydrogen (secondary N) is 1. The number of halogens is 3. The molecule has 1 rings (SSSR count). The summed E-state index contributed by atoms with van der Waals surface area (Å²) in [4.78, 5) is 0. The smallest absolute Gasteiger partial charge is 0.143 e. The molecule has 2 N–H and O–H groups in total. The van der Waals surface area contributed by atoms with Crippen molar-refractivity contribution in [3.8, 4) is 0 Å². The first-order chi connectivity index (χ1) is 8.73. The van der Waals surface area contributed by atoms with Gasteiger partial charge in [-0.2, -0.15) is 0 Å². The van der Waals surface area contributed by atoms with Crippen LogP contribution >= 0.6 is 15.9 Å². The van der Waals surface area contributed by atoms with Crippen LogP contribution in [-0.4, -0.2) is 23.8 Å². The quantitative estimate of drug-likeness (QED) is 0.782. The molecule has 0 bridgehead atoms. The highest BCUT2D eigenvalue weighted by Crippen LogP contribution is 2.25. The van der Waals surface area contributed by atoms with Crippen molar-refractivity contribution >= 4 is 15.9 Å². The standard InChI is InChI=1S/C14H20BrF2NO/c1-9(2)7-18-8-14(3,19)6-10-12(16)5-4-11(15)13(10)17/h4-5,9,18-19H,6-8H2,1-3H3. The molecule has 2 nitrogen and oxygen atoms in total. The van der Waals surface area contributed by atoms with Crippen molar-refractivity contribution in [3.63, 3.8) is 0 Å². The Kier molecular flexibility index (Phi) is 5.89. The zero-order valence-corrected chi connectivity index (χ0v) is 13.0. The third-order valence-corrected chi connectivity index (χ3v) is 3.37. The maximum atomic E-state index is 13.8. The number of hydrogen-bond acceptors (Lipinski definition) is 2. The first-order valence-corrected chi connectivity index (χ1v) is 7.07. The van der Waals surface area contributed by atoms with E-state index in [0.29, 0.717) is 5.92 Å². The molecule has 0 aliphatic heterocycles. The summed E-state index contributed by atoms with van der Waals surface area (Å²) in [6.45, 7) is 6.71. The lowest BCUT2D eigenvalue weighted by Gasteiger charge is -2.25. The molecule has 0 aliphatic rings. The van der Waals surface area contributed by atoms with Crippen molar-refractivity contribution in [1.82, 2.24) is 5.32 Å². The summed E-state index contributed by atoms with van der Waals surface area (Å²) in [7, 11) is 0. The van der Waals surface area contributed by atoms with Gasteiger partial charge in [-0.05, 0) is 47.4 Å². The minimum atomic E-state index is -1.20. The van der Waals surface area contributed by atoms with Gasteiger partial charge in [0.2, 0.25) is 0 Å². The van der Waals surface area contributed by atoms with Crippen LogP contribution in [0.2, 0.25) is 0 Å². The highest BCUT2D eigenvalue weighted by Gasteiger charge is 2.25. The zero-order chi connectivity index (χ0) is 14.6. The van der Waals surface area contributed by atoms with Gasteiger partial charge in [-0.25, -0.2) is 8.78 Å². The fraction of sp³-hybridized carbons (Fsp3) is 0.571.